The van der Waals surface area contributed by atoms with Crippen LogP contribution in [-0.4, -0.2) is 20.7 Å². The number of nitrogens with zero attached hydrogens (tertiary/aromatic N) is 3. The van der Waals surface area contributed by atoms with Crippen molar-refractivity contribution in [2.45, 2.75) is 13.8 Å². The van der Waals surface area contributed by atoms with E-state index in [4.69, 9.17) is 4.42 Å². The van der Waals surface area contributed by atoms with Crippen LogP contribution in [0.1, 0.15) is 21.9 Å². The first-order valence-corrected chi connectivity index (χ1v) is 5.56. The second-order valence-corrected chi connectivity index (χ2v) is 4.09. The lowest BCUT2D eigenvalue weighted by atomic mass is 10.3. The number of aryl methyl sites for hydroxylation is 2. The number of imidazole rings is 1. The van der Waals surface area contributed by atoms with Crippen molar-refractivity contribution in [1.29, 1.82) is 0 Å². The summed E-state index contributed by atoms with van der Waals surface area (Å²) in [6.07, 6.45) is 4.47. The molecule has 0 aliphatic heterocycles. The maximum Gasteiger partial charge on any atom is 0.192 e. The van der Waals surface area contributed by atoms with Gasteiger partial charge in [0.2, 0.25) is 0 Å². The summed E-state index contributed by atoms with van der Waals surface area (Å²) in [6.45, 7) is 3.67. The molecule has 0 aromatic carbocycles. The number of carbonyl (C=O) groups is 1. The molecule has 18 heavy (non-hydrogen) atoms. The molecule has 0 N–H and O–H groups in total. The number of rotatable bonds is 2. The fraction of sp³-hybridized carbons (Fsp3) is 0.154. The lowest BCUT2D eigenvalue weighted by Crippen LogP contribution is -1.88. The van der Waals surface area contributed by atoms with Crippen LogP contribution in [-0.2, 0) is 0 Å². The molecule has 0 amide bonds. The van der Waals surface area contributed by atoms with Crippen molar-refractivity contribution in [3.8, 4) is 11.5 Å². The first-order valence-electron chi connectivity index (χ1n) is 5.56. The minimum Gasteiger partial charge on any atom is -0.439 e. The summed E-state index contributed by atoms with van der Waals surface area (Å²) in [4.78, 5) is 19.6. The first kappa shape index (κ1) is 10.7. The predicted molar refractivity (Wildman–Crippen MR) is 65.6 cm³/mol. The van der Waals surface area contributed by atoms with Gasteiger partial charge in [0.25, 0.3) is 0 Å². The Morgan fingerprint density at radius 3 is 2.83 bits per heavy atom. The Morgan fingerprint density at radius 1 is 1.33 bits per heavy atom. The summed E-state index contributed by atoms with van der Waals surface area (Å²) in [5, 5.41) is 0. The summed E-state index contributed by atoms with van der Waals surface area (Å²) in [6, 6.07) is 3.54. The topological polar surface area (TPSA) is 60.4 Å². The van der Waals surface area contributed by atoms with E-state index in [1.165, 1.54) is 0 Å². The van der Waals surface area contributed by atoms with Gasteiger partial charge in [-0.1, -0.05) is 0 Å². The third-order valence-corrected chi connectivity index (χ3v) is 2.78. The SMILES string of the molecule is Cc1nc(C)c(-c2cn3cccc(C=O)c3n2)o1. The van der Waals surface area contributed by atoms with Crippen LogP contribution in [0.15, 0.2) is 28.9 Å². The highest BCUT2D eigenvalue weighted by molar-refractivity contribution is 5.84. The third kappa shape index (κ3) is 1.52. The van der Waals surface area contributed by atoms with Crippen LogP contribution in [0, 0.1) is 13.8 Å². The molecule has 0 bridgehead atoms. The monoisotopic (exact) mass is 241 g/mol. The molecule has 0 fully saturated rings. The Hall–Kier alpha value is -2.43. The van der Waals surface area contributed by atoms with Crippen LogP contribution < -0.4 is 0 Å². The second kappa shape index (κ2) is 3.80. The van der Waals surface area contributed by atoms with Crippen molar-refractivity contribution >= 4 is 11.9 Å². The Balaban J connectivity index is 2.25. The summed E-state index contributed by atoms with van der Waals surface area (Å²) in [5.74, 6) is 1.25. The van der Waals surface area contributed by atoms with E-state index in [0.717, 1.165) is 12.0 Å². The Morgan fingerprint density at radius 2 is 2.17 bits per heavy atom. The van der Waals surface area contributed by atoms with E-state index in [0.29, 0.717) is 28.6 Å². The number of aldehydes is 1. The van der Waals surface area contributed by atoms with Crippen molar-refractivity contribution in [3.05, 3.63) is 41.7 Å². The maximum absolute atomic E-state index is 10.9. The lowest BCUT2D eigenvalue weighted by molar-refractivity contribution is 0.112. The zero-order valence-corrected chi connectivity index (χ0v) is 10.0. The lowest BCUT2D eigenvalue weighted by Gasteiger charge is -1.93. The number of carbonyl (C=O) groups excluding carboxylic acids is 1. The van der Waals surface area contributed by atoms with Gasteiger partial charge >= 0.3 is 0 Å². The third-order valence-electron chi connectivity index (χ3n) is 2.78. The molecule has 0 radical (unpaired) electrons. The molecule has 0 aliphatic rings. The van der Waals surface area contributed by atoms with Gasteiger partial charge in [-0.2, -0.15) is 0 Å². The van der Waals surface area contributed by atoms with E-state index < -0.39 is 0 Å². The number of oxazole rings is 1. The number of fused-ring (bicyclic) bond motifs is 1. The molecule has 0 aliphatic carbocycles. The molecule has 0 saturated carbocycles. The first-order chi connectivity index (χ1) is 8.69. The van der Waals surface area contributed by atoms with Crippen molar-refractivity contribution in [1.82, 2.24) is 14.4 Å². The van der Waals surface area contributed by atoms with E-state index in [9.17, 15) is 4.79 Å². The van der Waals surface area contributed by atoms with Gasteiger partial charge in [0.1, 0.15) is 11.3 Å². The van der Waals surface area contributed by atoms with Crippen molar-refractivity contribution in [2.24, 2.45) is 0 Å². The zero-order valence-electron chi connectivity index (χ0n) is 10.0. The normalized spacial score (nSPS) is 11.0. The molecule has 0 unspecified atom stereocenters. The smallest absolute Gasteiger partial charge is 0.192 e. The van der Waals surface area contributed by atoms with Crippen LogP contribution in [0.4, 0.5) is 0 Å². The fourth-order valence-corrected chi connectivity index (χ4v) is 2.01. The molecule has 0 atom stereocenters. The van der Waals surface area contributed by atoms with Gasteiger partial charge in [-0.25, -0.2) is 9.97 Å². The zero-order chi connectivity index (χ0) is 12.7. The largest absolute Gasteiger partial charge is 0.439 e. The van der Waals surface area contributed by atoms with Gasteiger partial charge in [-0.05, 0) is 19.1 Å². The van der Waals surface area contributed by atoms with Gasteiger partial charge < -0.3 is 8.82 Å². The maximum atomic E-state index is 10.9. The highest BCUT2D eigenvalue weighted by Gasteiger charge is 2.14. The fourth-order valence-electron chi connectivity index (χ4n) is 2.01. The van der Waals surface area contributed by atoms with Crippen molar-refractivity contribution in [3.63, 3.8) is 0 Å². The molecular weight excluding hydrogens is 230 g/mol. The van der Waals surface area contributed by atoms with Crippen LogP contribution >= 0.6 is 0 Å². The van der Waals surface area contributed by atoms with Gasteiger partial charge in [0, 0.05) is 19.3 Å². The number of aromatic nitrogens is 3. The van der Waals surface area contributed by atoms with E-state index in [2.05, 4.69) is 9.97 Å². The van der Waals surface area contributed by atoms with Gasteiger partial charge in [-0.15, -0.1) is 0 Å². The van der Waals surface area contributed by atoms with Crippen LogP contribution in [0.2, 0.25) is 0 Å². The molecule has 5 heteroatoms. The van der Waals surface area contributed by atoms with Gasteiger partial charge in [0.15, 0.2) is 17.9 Å². The minimum absolute atomic E-state index is 0.553. The quantitative estimate of drug-likeness (QED) is 0.646. The highest BCUT2D eigenvalue weighted by atomic mass is 16.4. The minimum atomic E-state index is 0.553. The molecule has 0 saturated heterocycles. The Labute approximate surface area is 103 Å². The molecule has 3 aromatic heterocycles. The Bertz CT molecular complexity index is 740. The standard InChI is InChI=1S/C13H11N3O2/c1-8-12(18-9(2)14-8)11-6-16-5-3-4-10(7-17)13(16)15-11/h3-7H,1-2H3. The molecular formula is C13H11N3O2. The van der Waals surface area contributed by atoms with Crippen molar-refractivity contribution in [2.75, 3.05) is 0 Å². The predicted octanol–water partition coefficient (Wildman–Crippen LogP) is 2.42. The van der Waals surface area contributed by atoms with Gasteiger partial charge in [0.05, 0.1) is 11.3 Å². The Kier molecular flexibility index (Phi) is 2.26. The molecule has 3 aromatic rings. The van der Waals surface area contributed by atoms with Crippen LogP contribution in [0.3, 0.4) is 0 Å². The average Bonchev–Trinajstić information content (AvgIpc) is 2.91. The number of hydrogen-bond donors (Lipinski definition) is 0. The summed E-state index contributed by atoms with van der Waals surface area (Å²) in [7, 11) is 0. The molecule has 3 heterocycles. The molecule has 0 spiro atoms. The van der Waals surface area contributed by atoms with Crippen molar-refractivity contribution < 1.29 is 9.21 Å². The average molecular weight is 241 g/mol. The highest BCUT2D eigenvalue weighted by Crippen LogP contribution is 2.24. The van der Waals surface area contributed by atoms with E-state index in [1.54, 1.807) is 23.5 Å². The summed E-state index contributed by atoms with van der Waals surface area (Å²) < 4.78 is 7.33. The summed E-state index contributed by atoms with van der Waals surface area (Å²) >= 11 is 0. The molecule has 90 valence electrons. The number of hydrogen-bond acceptors (Lipinski definition) is 4. The van der Waals surface area contributed by atoms with E-state index >= 15 is 0 Å². The van der Waals surface area contributed by atoms with Crippen LogP contribution in [0.5, 0.6) is 0 Å². The number of pyridine rings is 1. The van der Waals surface area contributed by atoms with E-state index in [-0.39, 0.29) is 0 Å². The van der Waals surface area contributed by atoms with E-state index in [1.807, 2.05) is 19.3 Å². The second-order valence-electron chi connectivity index (χ2n) is 4.09. The van der Waals surface area contributed by atoms with Gasteiger partial charge in [-0.3, -0.25) is 4.79 Å². The van der Waals surface area contributed by atoms with Crippen LogP contribution in [0.25, 0.3) is 17.1 Å². The molecule has 5 nitrogen and oxygen atoms in total. The molecule has 3 rings (SSSR count). The summed E-state index contributed by atoms with van der Waals surface area (Å²) in [5.41, 5.74) is 2.65.